The van der Waals surface area contributed by atoms with E-state index in [1.54, 1.807) is 0 Å². The Kier molecular flexibility index (Phi) is 2.83. The third-order valence-corrected chi connectivity index (χ3v) is 5.87. The summed E-state index contributed by atoms with van der Waals surface area (Å²) in [6, 6.07) is 0.145. The highest BCUT2D eigenvalue weighted by molar-refractivity contribution is 5.89. The van der Waals surface area contributed by atoms with E-state index in [1.165, 1.54) is 25.7 Å². The summed E-state index contributed by atoms with van der Waals surface area (Å²) in [5.74, 6) is 0.445. The highest BCUT2D eigenvalue weighted by atomic mass is 16.1. The summed E-state index contributed by atoms with van der Waals surface area (Å²) in [4.78, 5) is 15.4. The van der Waals surface area contributed by atoms with E-state index in [2.05, 4.69) is 46.4 Å². The normalized spacial score (nSPS) is 31.6. The second-order valence-electron chi connectivity index (χ2n) is 9.99. The molecule has 1 saturated heterocycles. The first-order chi connectivity index (χ1) is 8.97. The molecule has 2 spiro atoms. The van der Waals surface area contributed by atoms with Gasteiger partial charge in [-0.2, -0.15) is 0 Å². The fourth-order valence-corrected chi connectivity index (χ4v) is 4.82. The van der Waals surface area contributed by atoms with Crippen molar-refractivity contribution in [2.75, 3.05) is 6.54 Å². The summed E-state index contributed by atoms with van der Waals surface area (Å²) in [5.41, 5.74) is 1.07. The minimum atomic E-state index is -0.222. The summed E-state index contributed by atoms with van der Waals surface area (Å²) in [6.45, 7) is 14.2. The molecule has 0 unspecified atom stereocenters. The lowest BCUT2D eigenvalue weighted by Crippen LogP contribution is -2.51. The van der Waals surface area contributed by atoms with Crippen LogP contribution in [0.2, 0.25) is 0 Å². The smallest absolute Gasteiger partial charge is 0.155 e. The summed E-state index contributed by atoms with van der Waals surface area (Å²) in [7, 11) is 0. The summed E-state index contributed by atoms with van der Waals surface area (Å²) >= 11 is 0. The average molecular weight is 277 g/mol. The van der Waals surface area contributed by atoms with E-state index in [0.717, 1.165) is 18.4 Å². The van der Waals surface area contributed by atoms with Crippen molar-refractivity contribution < 1.29 is 4.79 Å². The molecule has 3 fully saturated rings. The highest BCUT2D eigenvalue weighted by Crippen LogP contribution is 2.71. The minimum Gasteiger partial charge on any atom is -0.297 e. The van der Waals surface area contributed by atoms with Crippen LogP contribution in [0, 0.1) is 16.2 Å². The van der Waals surface area contributed by atoms with Gasteiger partial charge in [-0.15, -0.1) is 0 Å². The van der Waals surface area contributed by atoms with Gasteiger partial charge in [0.25, 0.3) is 0 Å². The van der Waals surface area contributed by atoms with Gasteiger partial charge in [-0.1, -0.05) is 20.8 Å². The van der Waals surface area contributed by atoms with Crippen molar-refractivity contribution in [3.8, 4) is 0 Å². The number of likely N-dealkylation sites (tertiary alicyclic amines) is 1. The quantitative estimate of drug-likeness (QED) is 0.721. The van der Waals surface area contributed by atoms with Crippen molar-refractivity contribution in [3.05, 3.63) is 0 Å². The Balaban J connectivity index is 1.81. The van der Waals surface area contributed by atoms with Crippen LogP contribution in [0.4, 0.5) is 0 Å². The summed E-state index contributed by atoms with van der Waals surface area (Å²) in [5, 5.41) is 0. The van der Waals surface area contributed by atoms with Crippen molar-refractivity contribution in [3.63, 3.8) is 0 Å². The minimum absolute atomic E-state index is 0.0986. The Morgan fingerprint density at radius 1 is 1.00 bits per heavy atom. The van der Waals surface area contributed by atoms with E-state index < -0.39 is 0 Å². The average Bonchev–Trinajstić information content (AvgIpc) is 2.86. The van der Waals surface area contributed by atoms with Gasteiger partial charge in [-0.3, -0.25) is 9.69 Å². The van der Waals surface area contributed by atoms with E-state index >= 15 is 0 Å². The fraction of sp³-hybridized carbons (Fsp3) is 0.944. The molecule has 1 aliphatic heterocycles. The number of carbonyl (C=O) groups is 1. The number of hydrogen-bond donors (Lipinski definition) is 0. The zero-order chi connectivity index (χ0) is 15.0. The number of rotatable bonds is 1. The fourth-order valence-electron chi connectivity index (χ4n) is 4.82. The molecule has 3 aliphatic rings. The molecule has 114 valence electrons. The molecule has 0 aromatic rings. The first-order valence-corrected chi connectivity index (χ1v) is 8.28. The zero-order valence-corrected chi connectivity index (χ0v) is 14.2. The van der Waals surface area contributed by atoms with Gasteiger partial charge in [0.1, 0.15) is 0 Å². The van der Waals surface area contributed by atoms with Gasteiger partial charge in [-0.05, 0) is 63.7 Å². The van der Waals surface area contributed by atoms with Crippen molar-refractivity contribution in [2.45, 2.75) is 85.2 Å². The van der Waals surface area contributed by atoms with Crippen LogP contribution in [-0.4, -0.2) is 28.8 Å². The van der Waals surface area contributed by atoms with Crippen LogP contribution >= 0.6 is 0 Å². The molecule has 1 heterocycles. The molecular weight excluding hydrogens is 246 g/mol. The van der Waals surface area contributed by atoms with Crippen LogP contribution in [-0.2, 0) is 4.79 Å². The molecule has 0 aromatic heterocycles. The van der Waals surface area contributed by atoms with Crippen LogP contribution in [0.1, 0.15) is 73.6 Å². The molecule has 20 heavy (non-hydrogen) atoms. The topological polar surface area (TPSA) is 20.3 Å². The van der Waals surface area contributed by atoms with Gasteiger partial charge in [-0.25, -0.2) is 0 Å². The van der Waals surface area contributed by atoms with E-state index in [1.807, 2.05) is 0 Å². The number of hydrogen-bond acceptors (Lipinski definition) is 2. The maximum absolute atomic E-state index is 12.9. The lowest BCUT2D eigenvalue weighted by Gasteiger charge is -2.47. The summed E-state index contributed by atoms with van der Waals surface area (Å²) in [6.07, 6.45) is 6.79. The molecule has 3 rings (SSSR count). The Labute approximate surface area is 124 Å². The second kappa shape index (κ2) is 3.88. The Morgan fingerprint density at radius 3 is 1.95 bits per heavy atom. The number of Topliss-reactive ketones (excluding diaryl/α,β-unsaturated/α-hetero) is 1. The van der Waals surface area contributed by atoms with Crippen LogP contribution in [0.15, 0.2) is 0 Å². The molecule has 0 bridgehead atoms. The van der Waals surface area contributed by atoms with Crippen LogP contribution < -0.4 is 0 Å². The largest absolute Gasteiger partial charge is 0.297 e. The van der Waals surface area contributed by atoms with E-state index in [4.69, 9.17) is 0 Å². The molecule has 0 amide bonds. The second-order valence-corrected chi connectivity index (χ2v) is 9.99. The third-order valence-electron chi connectivity index (χ3n) is 5.87. The Morgan fingerprint density at radius 2 is 1.55 bits per heavy atom. The standard InChI is InChI=1S/C18H31NO/c1-15(2,3)14(20)13-9-18(10-17(11-18)7-8-17)12-19(13)16(4,5)6/h13H,7-12H2,1-6H3/t13-/m0/s1. The first kappa shape index (κ1) is 14.6. The van der Waals surface area contributed by atoms with Crippen LogP contribution in [0.3, 0.4) is 0 Å². The number of nitrogens with zero attached hydrogens (tertiary/aromatic N) is 1. The van der Waals surface area contributed by atoms with Crippen LogP contribution in [0.25, 0.3) is 0 Å². The molecule has 2 nitrogen and oxygen atoms in total. The number of carbonyl (C=O) groups excluding carboxylic acids is 1. The van der Waals surface area contributed by atoms with Gasteiger partial charge in [0.2, 0.25) is 0 Å². The lowest BCUT2D eigenvalue weighted by atomic mass is 9.58. The molecule has 2 heteroatoms. The van der Waals surface area contributed by atoms with Crippen molar-refractivity contribution in [1.29, 1.82) is 0 Å². The third kappa shape index (κ3) is 2.24. The molecule has 2 saturated carbocycles. The van der Waals surface area contributed by atoms with E-state index in [9.17, 15) is 4.79 Å². The van der Waals surface area contributed by atoms with Crippen LogP contribution in [0.5, 0.6) is 0 Å². The van der Waals surface area contributed by atoms with E-state index in [0.29, 0.717) is 11.2 Å². The predicted molar refractivity (Wildman–Crippen MR) is 82.7 cm³/mol. The first-order valence-electron chi connectivity index (χ1n) is 8.28. The molecule has 0 aromatic carbocycles. The molecule has 1 atom stereocenters. The zero-order valence-electron chi connectivity index (χ0n) is 14.2. The van der Waals surface area contributed by atoms with Gasteiger partial charge in [0, 0.05) is 17.5 Å². The predicted octanol–water partition coefficient (Wildman–Crippen LogP) is 4.03. The van der Waals surface area contributed by atoms with Crippen molar-refractivity contribution >= 4 is 5.78 Å². The van der Waals surface area contributed by atoms with Crippen molar-refractivity contribution in [2.24, 2.45) is 16.2 Å². The van der Waals surface area contributed by atoms with Gasteiger partial charge in [0.15, 0.2) is 5.78 Å². The van der Waals surface area contributed by atoms with Gasteiger partial charge >= 0.3 is 0 Å². The molecule has 0 radical (unpaired) electrons. The van der Waals surface area contributed by atoms with Crippen molar-refractivity contribution in [1.82, 2.24) is 4.90 Å². The summed E-state index contributed by atoms with van der Waals surface area (Å²) < 4.78 is 0. The van der Waals surface area contributed by atoms with E-state index in [-0.39, 0.29) is 17.0 Å². The molecule has 0 N–H and O–H groups in total. The molecular formula is C18H31NO. The SMILES string of the molecule is CC(C)(C)C(=O)[C@@H]1CC2(CN1C(C)(C)C)CC1(CC1)C2. The maximum atomic E-state index is 12.9. The lowest BCUT2D eigenvalue weighted by molar-refractivity contribution is -0.132. The molecule has 2 aliphatic carbocycles. The maximum Gasteiger partial charge on any atom is 0.155 e. The monoisotopic (exact) mass is 277 g/mol. The Hall–Kier alpha value is -0.370. The van der Waals surface area contributed by atoms with Gasteiger partial charge < -0.3 is 0 Å². The highest BCUT2D eigenvalue weighted by Gasteiger charge is 2.65. The number of ketones is 1. The van der Waals surface area contributed by atoms with Gasteiger partial charge in [0.05, 0.1) is 6.04 Å². The Bertz CT molecular complexity index is 425.